The Bertz CT molecular complexity index is 748. The van der Waals surface area contributed by atoms with Gasteiger partial charge in [0.15, 0.2) is 21.3 Å². The van der Waals surface area contributed by atoms with Crippen molar-refractivity contribution in [1.29, 1.82) is 0 Å². The van der Waals surface area contributed by atoms with E-state index in [0.29, 0.717) is 41.7 Å². The van der Waals surface area contributed by atoms with Gasteiger partial charge in [-0.1, -0.05) is 11.6 Å². The third-order valence-electron chi connectivity index (χ3n) is 3.97. The molecule has 1 N–H and O–H groups in total. The lowest BCUT2D eigenvalue weighted by Crippen LogP contribution is -2.47. The van der Waals surface area contributed by atoms with Gasteiger partial charge in [0.2, 0.25) is 5.91 Å². The monoisotopic (exact) mass is 359 g/mol. The van der Waals surface area contributed by atoms with Gasteiger partial charge in [0.25, 0.3) is 0 Å². The Morgan fingerprint density at radius 1 is 1.35 bits per heavy atom. The highest BCUT2D eigenvalue weighted by atomic mass is 35.5. The Morgan fingerprint density at radius 2 is 2.09 bits per heavy atom. The van der Waals surface area contributed by atoms with Gasteiger partial charge in [-0.15, -0.1) is 0 Å². The summed E-state index contributed by atoms with van der Waals surface area (Å²) < 4.78 is 34.1. The van der Waals surface area contributed by atoms with E-state index in [2.05, 4.69) is 5.32 Å². The van der Waals surface area contributed by atoms with E-state index in [4.69, 9.17) is 21.1 Å². The number of halogens is 1. The molecule has 1 saturated heterocycles. The first-order chi connectivity index (χ1) is 10.8. The smallest absolute Gasteiger partial charge is 0.224 e. The highest BCUT2D eigenvalue weighted by Crippen LogP contribution is 2.38. The molecule has 1 fully saturated rings. The molecular weight excluding hydrogens is 342 g/mol. The summed E-state index contributed by atoms with van der Waals surface area (Å²) in [5.74, 6) is 0.877. The summed E-state index contributed by atoms with van der Waals surface area (Å²) in [4.78, 5) is 12.2. The molecule has 0 radical (unpaired) electrons. The first-order valence-corrected chi connectivity index (χ1v) is 9.56. The van der Waals surface area contributed by atoms with Crippen LogP contribution in [-0.2, 0) is 21.1 Å². The van der Waals surface area contributed by atoms with E-state index in [1.807, 2.05) is 0 Å². The summed E-state index contributed by atoms with van der Waals surface area (Å²) in [6.07, 6.45) is 0.537. The first-order valence-electron chi connectivity index (χ1n) is 7.36. The van der Waals surface area contributed by atoms with Crippen molar-refractivity contribution in [2.75, 3.05) is 24.7 Å². The van der Waals surface area contributed by atoms with Gasteiger partial charge in [0.1, 0.15) is 13.2 Å². The van der Waals surface area contributed by atoms with Crippen LogP contribution in [0.15, 0.2) is 12.1 Å². The number of hydrogen-bond donors (Lipinski definition) is 1. The molecule has 0 aliphatic carbocycles. The van der Waals surface area contributed by atoms with Crippen LogP contribution in [0.5, 0.6) is 11.5 Å². The number of benzene rings is 1. The van der Waals surface area contributed by atoms with Crippen molar-refractivity contribution in [2.45, 2.75) is 25.3 Å². The van der Waals surface area contributed by atoms with E-state index in [0.717, 1.165) is 0 Å². The molecule has 1 atom stereocenters. The van der Waals surface area contributed by atoms with Crippen molar-refractivity contribution in [3.05, 3.63) is 22.7 Å². The van der Waals surface area contributed by atoms with Gasteiger partial charge >= 0.3 is 0 Å². The van der Waals surface area contributed by atoms with Crippen LogP contribution in [0.4, 0.5) is 0 Å². The number of rotatable bonds is 3. The molecule has 1 aromatic rings. The Balaban J connectivity index is 1.70. The number of sulfone groups is 1. The van der Waals surface area contributed by atoms with Crippen LogP contribution in [0.1, 0.15) is 18.9 Å². The minimum atomic E-state index is -3.06. The second-order valence-corrected chi connectivity index (χ2v) is 8.82. The molecule has 0 aromatic heterocycles. The van der Waals surface area contributed by atoms with Gasteiger partial charge in [-0.05, 0) is 31.0 Å². The number of ether oxygens (including phenoxy) is 2. The Kier molecular flexibility index (Phi) is 4.18. The standard InChI is InChI=1S/C15H18ClNO5S/c1-15(2-5-23(19,20)9-15)17-13(18)8-10-6-11(16)14-12(7-10)21-3-4-22-14/h6-7H,2-5,8-9H2,1H3,(H,17,18). The van der Waals surface area contributed by atoms with Crippen LogP contribution in [0.3, 0.4) is 0 Å². The van der Waals surface area contributed by atoms with Crippen molar-refractivity contribution >= 4 is 27.3 Å². The third kappa shape index (κ3) is 3.72. The second kappa shape index (κ2) is 5.87. The molecule has 1 aromatic carbocycles. The number of carbonyl (C=O) groups excluding carboxylic acids is 1. The minimum absolute atomic E-state index is 0.0202. The zero-order chi connectivity index (χ0) is 16.7. The van der Waals surface area contributed by atoms with E-state index in [9.17, 15) is 13.2 Å². The van der Waals surface area contributed by atoms with Crippen molar-refractivity contribution in [2.24, 2.45) is 0 Å². The van der Waals surface area contributed by atoms with E-state index < -0.39 is 15.4 Å². The van der Waals surface area contributed by atoms with E-state index in [-0.39, 0.29) is 23.8 Å². The summed E-state index contributed by atoms with van der Waals surface area (Å²) in [5.41, 5.74) is -0.00530. The molecule has 126 valence electrons. The van der Waals surface area contributed by atoms with Crippen molar-refractivity contribution in [3.63, 3.8) is 0 Å². The highest BCUT2D eigenvalue weighted by molar-refractivity contribution is 7.91. The fraction of sp³-hybridized carbons (Fsp3) is 0.533. The average Bonchev–Trinajstić information content (AvgIpc) is 2.72. The maximum atomic E-state index is 12.2. The second-order valence-electron chi connectivity index (χ2n) is 6.23. The molecule has 6 nitrogen and oxygen atoms in total. The van der Waals surface area contributed by atoms with Crippen LogP contribution < -0.4 is 14.8 Å². The molecule has 0 bridgehead atoms. The molecule has 0 saturated carbocycles. The maximum absolute atomic E-state index is 12.2. The number of fused-ring (bicyclic) bond motifs is 1. The number of nitrogens with one attached hydrogen (secondary N) is 1. The first kappa shape index (κ1) is 16.4. The molecule has 23 heavy (non-hydrogen) atoms. The fourth-order valence-electron chi connectivity index (χ4n) is 2.94. The Morgan fingerprint density at radius 3 is 2.78 bits per heavy atom. The number of hydrogen-bond acceptors (Lipinski definition) is 5. The van der Waals surface area contributed by atoms with E-state index in [1.165, 1.54) is 0 Å². The van der Waals surface area contributed by atoms with Crippen LogP contribution >= 0.6 is 11.6 Å². The van der Waals surface area contributed by atoms with Gasteiger partial charge in [0.05, 0.1) is 28.5 Å². The molecule has 8 heteroatoms. The summed E-state index contributed by atoms with van der Waals surface area (Å²) in [5, 5.41) is 3.23. The molecule has 3 rings (SSSR count). The summed E-state index contributed by atoms with van der Waals surface area (Å²) >= 11 is 6.15. The largest absolute Gasteiger partial charge is 0.486 e. The quantitative estimate of drug-likeness (QED) is 0.880. The van der Waals surface area contributed by atoms with Gasteiger partial charge < -0.3 is 14.8 Å². The third-order valence-corrected chi connectivity index (χ3v) is 6.15. The maximum Gasteiger partial charge on any atom is 0.224 e. The summed E-state index contributed by atoms with van der Waals surface area (Å²) in [6, 6.07) is 3.40. The Hall–Kier alpha value is -1.47. The van der Waals surface area contributed by atoms with Crippen LogP contribution in [0.25, 0.3) is 0 Å². The predicted molar refractivity (Wildman–Crippen MR) is 86.0 cm³/mol. The van der Waals surface area contributed by atoms with Crippen molar-refractivity contribution < 1.29 is 22.7 Å². The minimum Gasteiger partial charge on any atom is -0.486 e. The lowest BCUT2D eigenvalue weighted by atomic mass is 10.0. The van der Waals surface area contributed by atoms with Gasteiger partial charge in [-0.3, -0.25) is 4.79 Å². The Labute approximate surface area is 140 Å². The van der Waals surface area contributed by atoms with Crippen molar-refractivity contribution in [1.82, 2.24) is 5.32 Å². The molecule has 2 aliphatic heterocycles. The van der Waals surface area contributed by atoms with Gasteiger partial charge in [-0.25, -0.2) is 8.42 Å². The van der Waals surface area contributed by atoms with E-state index in [1.54, 1.807) is 19.1 Å². The van der Waals surface area contributed by atoms with Crippen molar-refractivity contribution in [3.8, 4) is 11.5 Å². The van der Waals surface area contributed by atoms with Crippen LogP contribution in [0.2, 0.25) is 5.02 Å². The normalized spacial score (nSPS) is 25.1. The summed E-state index contributed by atoms with van der Waals surface area (Å²) in [6.45, 7) is 2.64. The van der Waals surface area contributed by atoms with Crippen LogP contribution in [-0.4, -0.2) is 44.6 Å². The molecule has 0 spiro atoms. The molecule has 2 heterocycles. The average molecular weight is 360 g/mol. The zero-order valence-corrected chi connectivity index (χ0v) is 14.3. The van der Waals surface area contributed by atoms with Gasteiger partial charge in [-0.2, -0.15) is 0 Å². The SMILES string of the molecule is CC1(NC(=O)Cc2cc(Cl)c3c(c2)OCCO3)CCS(=O)(=O)C1. The van der Waals surface area contributed by atoms with Gasteiger partial charge in [0, 0.05) is 0 Å². The molecular formula is C15H18ClNO5S. The highest BCUT2D eigenvalue weighted by Gasteiger charge is 2.39. The summed E-state index contributed by atoms with van der Waals surface area (Å²) in [7, 11) is -3.06. The zero-order valence-electron chi connectivity index (χ0n) is 12.7. The molecule has 1 unspecified atom stereocenters. The topological polar surface area (TPSA) is 81.7 Å². The fourth-order valence-corrected chi connectivity index (χ4v) is 5.32. The number of amides is 1. The molecule has 2 aliphatic rings. The lowest BCUT2D eigenvalue weighted by molar-refractivity contribution is -0.121. The number of carbonyl (C=O) groups is 1. The predicted octanol–water partition coefficient (Wildman–Crippen LogP) is 1.35. The van der Waals surface area contributed by atoms with E-state index >= 15 is 0 Å². The van der Waals surface area contributed by atoms with Crippen LogP contribution in [0, 0.1) is 0 Å². The lowest BCUT2D eigenvalue weighted by Gasteiger charge is -2.24. The molecule has 1 amide bonds.